The molecule has 1 aliphatic rings. The summed E-state index contributed by atoms with van der Waals surface area (Å²) in [7, 11) is 0. The molecule has 1 aromatic carbocycles. The Hall–Kier alpha value is -1.84. The number of hydrogen-bond donors (Lipinski definition) is 0. The minimum atomic E-state index is 0.00866. The number of aryl methyl sites for hydroxylation is 1. The molecule has 0 bridgehead atoms. The summed E-state index contributed by atoms with van der Waals surface area (Å²) in [5.74, 6) is 0.00866. The largest absolute Gasteiger partial charge is 0.364 e. The van der Waals surface area contributed by atoms with Crippen LogP contribution in [0.15, 0.2) is 35.1 Å². The maximum Gasteiger partial charge on any atom is 0.189 e. The van der Waals surface area contributed by atoms with Gasteiger partial charge in [-0.15, -0.1) is 0 Å². The zero-order chi connectivity index (χ0) is 12.5. The summed E-state index contributed by atoms with van der Waals surface area (Å²) in [6.45, 7) is 2.86. The molecule has 2 heterocycles. The first-order valence-corrected chi connectivity index (χ1v) is 6.29. The standard InChI is InChI=1S/C14H14BNO2/c1-15-6-4-11-3-2-10(8-12(11)15)9-14(17)13-5-7-18-16-13/h2-3,5,7-8H,4,6,9H2,1H3. The van der Waals surface area contributed by atoms with Crippen LogP contribution in [-0.2, 0) is 12.8 Å². The minimum absolute atomic E-state index is 0.00866. The molecular formula is C14H14BNO2. The lowest BCUT2D eigenvalue weighted by Gasteiger charge is -2.05. The molecule has 0 aliphatic carbocycles. The van der Waals surface area contributed by atoms with Crippen LogP contribution in [0.1, 0.15) is 21.6 Å². The molecular weight excluding hydrogens is 225 g/mol. The van der Waals surface area contributed by atoms with Crippen LogP contribution in [0, 0.1) is 0 Å². The summed E-state index contributed by atoms with van der Waals surface area (Å²) >= 11 is 0. The topological polar surface area (TPSA) is 43.1 Å². The second kappa shape index (κ2) is 4.44. The molecule has 1 aromatic heterocycles. The van der Waals surface area contributed by atoms with Crippen LogP contribution in [-0.4, -0.2) is 17.7 Å². The summed E-state index contributed by atoms with van der Waals surface area (Å²) in [6, 6.07) is 7.99. The zero-order valence-electron chi connectivity index (χ0n) is 10.3. The molecule has 90 valence electrons. The van der Waals surface area contributed by atoms with E-state index in [1.165, 1.54) is 23.6 Å². The number of hydrogen-bond acceptors (Lipinski definition) is 3. The molecule has 0 amide bonds. The van der Waals surface area contributed by atoms with E-state index < -0.39 is 0 Å². The van der Waals surface area contributed by atoms with Crippen LogP contribution in [0.3, 0.4) is 0 Å². The van der Waals surface area contributed by atoms with Crippen molar-refractivity contribution >= 4 is 18.0 Å². The average Bonchev–Trinajstić information content (AvgIpc) is 3.00. The summed E-state index contributed by atoms with van der Waals surface area (Å²) in [4.78, 5) is 11.9. The van der Waals surface area contributed by atoms with E-state index in [9.17, 15) is 4.79 Å². The second-order valence-corrected chi connectivity index (χ2v) is 4.96. The number of nitrogens with zero attached hydrogens (tertiary/aromatic N) is 1. The van der Waals surface area contributed by atoms with E-state index in [0.717, 1.165) is 12.0 Å². The van der Waals surface area contributed by atoms with Crippen molar-refractivity contribution in [2.24, 2.45) is 0 Å². The molecule has 1 aliphatic heterocycles. The maximum atomic E-state index is 11.9. The molecule has 0 N–H and O–H groups in total. The highest BCUT2D eigenvalue weighted by Crippen LogP contribution is 2.16. The van der Waals surface area contributed by atoms with Crippen LogP contribution in [0.5, 0.6) is 0 Å². The van der Waals surface area contributed by atoms with Gasteiger partial charge >= 0.3 is 0 Å². The lowest BCUT2D eigenvalue weighted by atomic mass is 9.48. The van der Waals surface area contributed by atoms with Gasteiger partial charge in [0, 0.05) is 12.5 Å². The van der Waals surface area contributed by atoms with Crippen molar-refractivity contribution in [1.29, 1.82) is 0 Å². The van der Waals surface area contributed by atoms with Gasteiger partial charge in [0.15, 0.2) is 12.5 Å². The Kier molecular flexibility index (Phi) is 2.78. The van der Waals surface area contributed by atoms with E-state index in [0.29, 0.717) is 18.8 Å². The highest BCUT2D eigenvalue weighted by molar-refractivity contribution is 6.73. The summed E-state index contributed by atoms with van der Waals surface area (Å²) < 4.78 is 4.69. The van der Waals surface area contributed by atoms with Crippen molar-refractivity contribution in [2.75, 3.05) is 0 Å². The van der Waals surface area contributed by atoms with Crippen molar-refractivity contribution in [3.63, 3.8) is 0 Å². The molecule has 18 heavy (non-hydrogen) atoms. The number of aromatic nitrogens is 1. The molecule has 0 spiro atoms. The summed E-state index contributed by atoms with van der Waals surface area (Å²) in [5, 5.41) is 3.68. The van der Waals surface area contributed by atoms with Gasteiger partial charge in [0.05, 0.1) is 0 Å². The monoisotopic (exact) mass is 239 g/mol. The Morgan fingerprint density at radius 3 is 3.11 bits per heavy atom. The molecule has 0 unspecified atom stereocenters. The van der Waals surface area contributed by atoms with Gasteiger partial charge in [0.25, 0.3) is 0 Å². The predicted octanol–water partition coefficient (Wildman–Crippen LogP) is 1.99. The Bertz CT molecular complexity index is 577. The average molecular weight is 239 g/mol. The SMILES string of the molecule is CB1CCc2ccc(CC(=O)c3ccon3)cc21. The highest BCUT2D eigenvalue weighted by Gasteiger charge is 2.22. The first-order chi connectivity index (χ1) is 8.74. The van der Waals surface area contributed by atoms with Crippen molar-refractivity contribution in [3.05, 3.63) is 47.3 Å². The molecule has 0 atom stereocenters. The molecule has 4 heteroatoms. The number of carbonyl (C=O) groups is 1. The smallest absolute Gasteiger partial charge is 0.189 e. The summed E-state index contributed by atoms with van der Waals surface area (Å²) in [6.07, 6.45) is 4.20. The van der Waals surface area contributed by atoms with Gasteiger partial charge in [0.1, 0.15) is 12.0 Å². The third-order valence-electron chi connectivity index (χ3n) is 3.68. The Morgan fingerprint density at radius 1 is 1.44 bits per heavy atom. The number of carbonyl (C=O) groups excluding carboxylic acids is 1. The lowest BCUT2D eigenvalue weighted by molar-refractivity contribution is 0.0984. The fraction of sp³-hybridized carbons (Fsp3) is 0.286. The minimum Gasteiger partial charge on any atom is -0.364 e. The van der Waals surface area contributed by atoms with Gasteiger partial charge in [-0.25, -0.2) is 0 Å². The summed E-state index contributed by atoms with van der Waals surface area (Å²) in [5.41, 5.74) is 4.31. The Morgan fingerprint density at radius 2 is 2.33 bits per heavy atom. The van der Waals surface area contributed by atoms with E-state index in [-0.39, 0.29) is 5.78 Å². The number of Topliss-reactive ketones (excluding diaryl/α,β-unsaturated/α-hetero) is 1. The van der Waals surface area contributed by atoms with Gasteiger partial charge < -0.3 is 4.52 Å². The highest BCUT2D eigenvalue weighted by atomic mass is 16.5. The molecule has 0 saturated heterocycles. The van der Waals surface area contributed by atoms with E-state index in [1.54, 1.807) is 6.07 Å². The second-order valence-electron chi connectivity index (χ2n) is 4.96. The van der Waals surface area contributed by atoms with Gasteiger partial charge in [0.2, 0.25) is 0 Å². The van der Waals surface area contributed by atoms with Gasteiger partial charge in [-0.2, -0.15) is 0 Å². The molecule has 0 saturated carbocycles. The van der Waals surface area contributed by atoms with E-state index in [4.69, 9.17) is 4.52 Å². The van der Waals surface area contributed by atoms with Gasteiger partial charge in [-0.05, 0) is 12.0 Å². The zero-order valence-corrected chi connectivity index (χ0v) is 10.3. The third-order valence-corrected chi connectivity index (χ3v) is 3.68. The number of benzene rings is 1. The van der Waals surface area contributed by atoms with Crippen molar-refractivity contribution in [3.8, 4) is 0 Å². The van der Waals surface area contributed by atoms with Crippen LogP contribution >= 0.6 is 0 Å². The van der Waals surface area contributed by atoms with Crippen molar-refractivity contribution in [1.82, 2.24) is 5.16 Å². The molecule has 0 fully saturated rings. The van der Waals surface area contributed by atoms with E-state index in [1.807, 2.05) is 0 Å². The van der Waals surface area contributed by atoms with E-state index >= 15 is 0 Å². The molecule has 3 rings (SSSR count). The maximum absolute atomic E-state index is 11.9. The van der Waals surface area contributed by atoms with E-state index in [2.05, 4.69) is 30.2 Å². The van der Waals surface area contributed by atoms with Gasteiger partial charge in [-0.1, -0.05) is 47.5 Å². The van der Waals surface area contributed by atoms with Crippen molar-refractivity contribution < 1.29 is 9.32 Å². The Balaban J connectivity index is 1.82. The molecule has 3 nitrogen and oxygen atoms in total. The third kappa shape index (κ3) is 1.99. The van der Waals surface area contributed by atoms with Crippen LogP contribution in [0.25, 0.3) is 0 Å². The number of fused-ring (bicyclic) bond motifs is 1. The Labute approximate surface area is 106 Å². The lowest BCUT2D eigenvalue weighted by Crippen LogP contribution is -2.23. The fourth-order valence-corrected chi connectivity index (χ4v) is 2.60. The quantitative estimate of drug-likeness (QED) is 0.607. The normalized spacial score (nSPS) is 13.7. The van der Waals surface area contributed by atoms with Crippen LogP contribution in [0.4, 0.5) is 0 Å². The van der Waals surface area contributed by atoms with Crippen LogP contribution in [0.2, 0.25) is 13.1 Å². The van der Waals surface area contributed by atoms with Crippen molar-refractivity contribution in [2.45, 2.75) is 26.0 Å². The number of rotatable bonds is 3. The molecule has 0 radical (unpaired) electrons. The molecule has 2 aromatic rings. The predicted molar refractivity (Wildman–Crippen MR) is 70.7 cm³/mol. The van der Waals surface area contributed by atoms with Crippen LogP contribution < -0.4 is 5.46 Å². The first kappa shape index (κ1) is 11.3. The van der Waals surface area contributed by atoms with Gasteiger partial charge in [-0.3, -0.25) is 4.79 Å². The number of ketones is 1. The first-order valence-electron chi connectivity index (χ1n) is 6.29. The fourth-order valence-electron chi connectivity index (χ4n) is 2.60.